The van der Waals surface area contributed by atoms with Crippen LogP contribution in [0.2, 0.25) is 0 Å². The number of rotatable bonds is 7. The topological polar surface area (TPSA) is 68.2 Å². The second-order valence-electron chi connectivity index (χ2n) is 5.70. The molecule has 0 amide bonds. The largest absolute Gasteiger partial charge is 0.334 e. The number of hydrogen-bond donors (Lipinski definition) is 1. The lowest BCUT2D eigenvalue weighted by atomic mass is 9.93. The van der Waals surface area contributed by atoms with Crippen molar-refractivity contribution >= 4 is 11.3 Å². The molecule has 0 radical (unpaired) electrons. The zero-order valence-corrected chi connectivity index (χ0v) is 13.1. The highest BCUT2D eigenvalue weighted by atomic mass is 32.1. The minimum absolute atomic E-state index is 0.0932. The van der Waals surface area contributed by atoms with Gasteiger partial charge in [0.05, 0.1) is 12.1 Å². The number of nitrogens with two attached hydrogens (primary N) is 1. The van der Waals surface area contributed by atoms with E-state index in [1.54, 1.807) is 11.3 Å². The Morgan fingerprint density at radius 3 is 2.85 bits per heavy atom. The normalized spacial score (nSPS) is 12.2. The van der Waals surface area contributed by atoms with E-state index < -0.39 is 0 Å². The van der Waals surface area contributed by atoms with Crippen LogP contribution in [0.25, 0.3) is 11.5 Å². The second kappa shape index (κ2) is 6.47. The van der Waals surface area contributed by atoms with Crippen molar-refractivity contribution in [2.75, 3.05) is 19.6 Å². The van der Waals surface area contributed by atoms with Gasteiger partial charge in [-0.3, -0.25) is 4.90 Å². The summed E-state index contributed by atoms with van der Waals surface area (Å²) in [7, 11) is 0. The monoisotopic (exact) mass is 294 g/mol. The Hall–Kier alpha value is -1.24. The summed E-state index contributed by atoms with van der Waals surface area (Å²) < 4.78 is 5.31. The van der Waals surface area contributed by atoms with E-state index in [1.165, 1.54) is 0 Å². The standard InChI is InChI=1S/C14H22N4OS/c1-4-18(10-14(2,3)9-15)7-12-16-13(19-17-12)11-5-6-20-8-11/h5-6,8H,4,7,9-10,15H2,1-3H3. The van der Waals surface area contributed by atoms with Crippen molar-refractivity contribution in [1.29, 1.82) is 0 Å². The highest BCUT2D eigenvalue weighted by molar-refractivity contribution is 7.08. The molecule has 0 fully saturated rings. The molecule has 2 aromatic heterocycles. The summed E-state index contributed by atoms with van der Waals surface area (Å²) >= 11 is 1.62. The van der Waals surface area contributed by atoms with Gasteiger partial charge in [-0.15, -0.1) is 0 Å². The maximum Gasteiger partial charge on any atom is 0.258 e. The van der Waals surface area contributed by atoms with Gasteiger partial charge < -0.3 is 10.3 Å². The number of hydrogen-bond acceptors (Lipinski definition) is 6. The van der Waals surface area contributed by atoms with Crippen LogP contribution >= 0.6 is 11.3 Å². The number of nitrogens with zero attached hydrogens (tertiary/aromatic N) is 3. The molecule has 0 aromatic carbocycles. The summed E-state index contributed by atoms with van der Waals surface area (Å²) in [5.74, 6) is 1.32. The molecule has 0 aliphatic carbocycles. The van der Waals surface area contributed by atoms with E-state index in [4.69, 9.17) is 10.3 Å². The Kier molecular flexibility index (Phi) is 4.91. The molecule has 2 N–H and O–H groups in total. The van der Waals surface area contributed by atoms with Gasteiger partial charge >= 0.3 is 0 Å². The van der Waals surface area contributed by atoms with Crippen molar-refractivity contribution in [2.45, 2.75) is 27.3 Å². The van der Waals surface area contributed by atoms with Gasteiger partial charge in [0, 0.05) is 11.9 Å². The maximum absolute atomic E-state index is 5.80. The third-order valence-electron chi connectivity index (χ3n) is 3.25. The molecule has 0 aliphatic heterocycles. The first kappa shape index (κ1) is 15.2. The van der Waals surface area contributed by atoms with Crippen LogP contribution in [0.5, 0.6) is 0 Å². The van der Waals surface area contributed by atoms with Crippen LogP contribution in [0.1, 0.15) is 26.6 Å². The molecule has 6 heteroatoms. The Labute approximate surface area is 123 Å². The summed E-state index contributed by atoms with van der Waals surface area (Å²) in [5.41, 5.74) is 6.87. The van der Waals surface area contributed by atoms with E-state index in [-0.39, 0.29) is 5.41 Å². The first-order valence-electron chi connectivity index (χ1n) is 6.81. The van der Waals surface area contributed by atoms with Crippen molar-refractivity contribution in [3.63, 3.8) is 0 Å². The molecule has 110 valence electrons. The van der Waals surface area contributed by atoms with E-state index >= 15 is 0 Å². The minimum Gasteiger partial charge on any atom is -0.334 e. The molecule has 0 bridgehead atoms. The van der Waals surface area contributed by atoms with Gasteiger partial charge in [-0.25, -0.2) is 0 Å². The highest BCUT2D eigenvalue weighted by Crippen LogP contribution is 2.21. The van der Waals surface area contributed by atoms with Gasteiger partial charge in [0.1, 0.15) is 0 Å². The van der Waals surface area contributed by atoms with Crippen LogP contribution in [0.3, 0.4) is 0 Å². The fourth-order valence-electron chi connectivity index (χ4n) is 1.97. The highest BCUT2D eigenvalue weighted by Gasteiger charge is 2.21. The summed E-state index contributed by atoms with van der Waals surface area (Å²) in [6.07, 6.45) is 0. The van der Waals surface area contributed by atoms with E-state index in [1.807, 2.05) is 16.8 Å². The van der Waals surface area contributed by atoms with Crippen LogP contribution in [0, 0.1) is 5.41 Å². The lowest BCUT2D eigenvalue weighted by Gasteiger charge is -2.30. The van der Waals surface area contributed by atoms with Crippen LogP contribution in [0.15, 0.2) is 21.3 Å². The number of aromatic nitrogens is 2. The second-order valence-corrected chi connectivity index (χ2v) is 6.48. The molecule has 0 unspecified atom stereocenters. The van der Waals surface area contributed by atoms with Gasteiger partial charge in [0.2, 0.25) is 0 Å². The molecular weight excluding hydrogens is 272 g/mol. The van der Waals surface area contributed by atoms with Crippen molar-refractivity contribution in [3.05, 3.63) is 22.7 Å². The van der Waals surface area contributed by atoms with Crippen molar-refractivity contribution in [3.8, 4) is 11.5 Å². The molecule has 0 saturated carbocycles. The van der Waals surface area contributed by atoms with Crippen molar-refractivity contribution in [1.82, 2.24) is 15.0 Å². The predicted octanol–water partition coefficient (Wildman–Crippen LogP) is 2.60. The van der Waals surface area contributed by atoms with Crippen LogP contribution < -0.4 is 5.73 Å². The zero-order chi connectivity index (χ0) is 14.6. The molecule has 0 spiro atoms. The lowest BCUT2D eigenvalue weighted by Crippen LogP contribution is -2.38. The Morgan fingerprint density at radius 2 is 2.25 bits per heavy atom. The SMILES string of the molecule is CCN(Cc1noc(-c2ccsc2)n1)CC(C)(C)CN. The van der Waals surface area contributed by atoms with Gasteiger partial charge in [-0.1, -0.05) is 25.9 Å². The smallest absolute Gasteiger partial charge is 0.258 e. The maximum atomic E-state index is 5.80. The fourth-order valence-corrected chi connectivity index (χ4v) is 2.60. The molecule has 20 heavy (non-hydrogen) atoms. The zero-order valence-electron chi connectivity index (χ0n) is 12.3. The Bertz CT molecular complexity index is 521. The molecule has 0 atom stereocenters. The average Bonchev–Trinajstić information content (AvgIpc) is 3.08. The molecule has 0 saturated heterocycles. The molecule has 2 heterocycles. The third kappa shape index (κ3) is 3.88. The summed E-state index contributed by atoms with van der Waals surface area (Å²) in [6, 6.07) is 1.98. The van der Waals surface area contributed by atoms with Crippen molar-refractivity contribution < 1.29 is 4.52 Å². The summed E-state index contributed by atoms with van der Waals surface area (Å²) in [4.78, 5) is 6.74. The van der Waals surface area contributed by atoms with Crippen LogP contribution in [0.4, 0.5) is 0 Å². The average molecular weight is 294 g/mol. The van der Waals surface area contributed by atoms with Gasteiger partial charge in [-0.2, -0.15) is 16.3 Å². The summed E-state index contributed by atoms with van der Waals surface area (Å²) in [6.45, 7) is 9.68. The fraction of sp³-hybridized carbons (Fsp3) is 0.571. The Morgan fingerprint density at radius 1 is 1.45 bits per heavy atom. The lowest BCUT2D eigenvalue weighted by molar-refractivity contribution is 0.178. The minimum atomic E-state index is 0.0932. The van der Waals surface area contributed by atoms with E-state index in [9.17, 15) is 0 Å². The Balaban J connectivity index is 2.01. The van der Waals surface area contributed by atoms with Crippen molar-refractivity contribution in [2.24, 2.45) is 11.1 Å². The third-order valence-corrected chi connectivity index (χ3v) is 3.94. The van der Waals surface area contributed by atoms with Gasteiger partial charge in [0.25, 0.3) is 5.89 Å². The quantitative estimate of drug-likeness (QED) is 0.850. The summed E-state index contributed by atoms with van der Waals surface area (Å²) in [5, 5.41) is 8.07. The first-order valence-corrected chi connectivity index (χ1v) is 7.76. The van der Waals surface area contributed by atoms with E-state index in [0.29, 0.717) is 19.0 Å². The molecule has 2 aromatic rings. The van der Waals surface area contributed by atoms with E-state index in [2.05, 4.69) is 35.8 Å². The molecule has 5 nitrogen and oxygen atoms in total. The van der Waals surface area contributed by atoms with E-state index in [0.717, 1.165) is 24.5 Å². The predicted molar refractivity (Wildman–Crippen MR) is 81.4 cm³/mol. The van der Waals surface area contributed by atoms with Crippen LogP contribution in [-0.2, 0) is 6.54 Å². The van der Waals surface area contributed by atoms with Gasteiger partial charge in [0.15, 0.2) is 5.82 Å². The molecule has 0 aliphatic rings. The first-order chi connectivity index (χ1) is 9.54. The van der Waals surface area contributed by atoms with Crippen LogP contribution in [-0.4, -0.2) is 34.7 Å². The molecular formula is C14H22N4OS. The molecule has 2 rings (SSSR count). The van der Waals surface area contributed by atoms with Gasteiger partial charge in [-0.05, 0) is 30.0 Å². The number of thiophene rings is 1.